The van der Waals surface area contributed by atoms with Crippen LogP contribution in [0.25, 0.3) is 0 Å². The molecule has 3 rings (SSSR count). The van der Waals surface area contributed by atoms with Gasteiger partial charge >= 0.3 is 0 Å². The van der Waals surface area contributed by atoms with E-state index in [1.807, 2.05) is 24.3 Å². The molecule has 2 amide bonds. The van der Waals surface area contributed by atoms with Gasteiger partial charge in [0, 0.05) is 24.6 Å². The van der Waals surface area contributed by atoms with Gasteiger partial charge in [0.2, 0.25) is 21.8 Å². The quantitative estimate of drug-likeness (QED) is 0.697. The van der Waals surface area contributed by atoms with Crippen LogP contribution in [0.2, 0.25) is 0 Å². The number of amides is 2. The van der Waals surface area contributed by atoms with Crippen molar-refractivity contribution >= 4 is 27.5 Å². The van der Waals surface area contributed by atoms with Crippen molar-refractivity contribution in [3.05, 3.63) is 59.7 Å². The third kappa shape index (κ3) is 4.93. The van der Waals surface area contributed by atoms with Crippen LogP contribution in [0.4, 0.5) is 5.69 Å². The number of sulfonamides is 1. The molecule has 1 heterocycles. The van der Waals surface area contributed by atoms with Gasteiger partial charge in [-0.2, -0.15) is 0 Å². The van der Waals surface area contributed by atoms with Crippen molar-refractivity contribution in [3.8, 4) is 0 Å². The van der Waals surface area contributed by atoms with Gasteiger partial charge in [-0.15, -0.1) is 0 Å². The molecule has 0 aromatic heterocycles. The number of anilines is 1. The highest BCUT2D eigenvalue weighted by Crippen LogP contribution is 2.27. The number of benzene rings is 2. The first-order valence-corrected chi connectivity index (χ1v) is 10.1. The van der Waals surface area contributed by atoms with Gasteiger partial charge in [0.25, 0.3) is 0 Å². The number of hydrogen-bond donors (Lipinski definition) is 3. The van der Waals surface area contributed by atoms with E-state index in [9.17, 15) is 18.0 Å². The van der Waals surface area contributed by atoms with E-state index in [1.54, 1.807) is 12.1 Å². The maximum absolute atomic E-state index is 12.2. The summed E-state index contributed by atoms with van der Waals surface area (Å²) < 4.78 is 22.4. The Morgan fingerprint density at radius 2 is 1.85 bits per heavy atom. The maximum Gasteiger partial charge on any atom is 0.238 e. The van der Waals surface area contributed by atoms with E-state index in [0.717, 1.165) is 16.8 Å². The minimum atomic E-state index is -3.72. The van der Waals surface area contributed by atoms with Crippen LogP contribution in [0.5, 0.6) is 0 Å². The number of nitrogens with two attached hydrogens (primary N) is 1. The summed E-state index contributed by atoms with van der Waals surface area (Å²) in [6, 6.07) is 13.7. The Kier molecular flexibility index (Phi) is 5.57. The van der Waals surface area contributed by atoms with Crippen molar-refractivity contribution in [3.63, 3.8) is 0 Å². The Bertz CT molecular complexity index is 955. The molecule has 0 aliphatic carbocycles. The van der Waals surface area contributed by atoms with Crippen molar-refractivity contribution in [2.45, 2.75) is 30.7 Å². The smallest absolute Gasteiger partial charge is 0.238 e. The second kappa shape index (κ2) is 7.89. The van der Waals surface area contributed by atoms with Crippen molar-refractivity contribution in [2.75, 3.05) is 5.32 Å². The number of carbonyl (C=O) groups excluding carboxylic acids is 2. The molecule has 142 valence electrons. The molecule has 8 heteroatoms. The second-order valence-corrected chi connectivity index (χ2v) is 8.11. The van der Waals surface area contributed by atoms with Crippen LogP contribution < -0.4 is 15.8 Å². The van der Waals surface area contributed by atoms with Crippen LogP contribution in [-0.2, 0) is 32.6 Å². The zero-order valence-electron chi connectivity index (χ0n) is 14.6. The summed E-state index contributed by atoms with van der Waals surface area (Å²) in [4.78, 5) is 24.3. The molecule has 0 unspecified atom stereocenters. The molecule has 2 aromatic carbocycles. The molecule has 7 nitrogen and oxygen atoms in total. The summed E-state index contributed by atoms with van der Waals surface area (Å²) in [6.45, 7) is 0.281. The summed E-state index contributed by atoms with van der Waals surface area (Å²) >= 11 is 0. The Balaban J connectivity index is 1.48. The molecule has 0 spiro atoms. The largest absolute Gasteiger partial charge is 0.352 e. The van der Waals surface area contributed by atoms with Crippen LogP contribution in [0.15, 0.2) is 53.4 Å². The maximum atomic E-state index is 12.2. The highest BCUT2D eigenvalue weighted by atomic mass is 32.2. The first-order valence-electron chi connectivity index (χ1n) is 8.60. The first-order chi connectivity index (χ1) is 12.8. The topological polar surface area (TPSA) is 118 Å². The fourth-order valence-corrected chi connectivity index (χ4v) is 3.55. The molecule has 0 radical (unpaired) electrons. The second-order valence-electron chi connectivity index (χ2n) is 6.55. The van der Waals surface area contributed by atoms with E-state index in [-0.39, 0.29) is 35.6 Å². The minimum Gasteiger partial charge on any atom is -0.352 e. The van der Waals surface area contributed by atoms with Crippen molar-refractivity contribution in [1.29, 1.82) is 0 Å². The summed E-state index contributed by atoms with van der Waals surface area (Å²) in [7, 11) is -3.72. The molecular weight excluding hydrogens is 366 g/mol. The lowest BCUT2D eigenvalue weighted by Crippen LogP contribution is -2.31. The van der Waals surface area contributed by atoms with Gasteiger partial charge in [-0.1, -0.05) is 30.3 Å². The average Bonchev–Trinajstić information content (AvgIpc) is 2.64. The number of nitrogens with one attached hydrogen (secondary N) is 2. The Morgan fingerprint density at radius 3 is 2.56 bits per heavy atom. The third-order valence-corrected chi connectivity index (χ3v) is 5.50. The van der Waals surface area contributed by atoms with Gasteiger partial charge in [-0.25, -0.2) is 13.6 Å². The Labute approximate surface area is 158 Å². The average molecular weight is 387 g/mol. The van der Waals surface area contributed by atoms with E-state index in [1.165, 1.54) is 12.1 Å². The van der Waals surface area contributed by atoms with Crippen LogP contribution in [0, 0.1) is 5.92 Å². The van der Waals surface area contributed by atoms with Gasteiger partial charge in [0.05, 0.1) is 4.90 Å². The lowest BCUT2D eigenvalue weighted by molar-refractivity contribution is -0.122. The molecular formula is C19H21N3O4S. The van der Waals surface area contributed by atoms with Gasteiger partial charge in [-0.3, -0.25) is 9.59 Å². The SMILES string of the molecule is NS(=O)(=O)c1ccc(CNC(=O)CC[C@H]2Cc3ccccc3NC2=O)cc1. The first kappa shape index (κ1) is 19.1. The fourth-order valence-electron chi connectivity index (χ4n) is 3.04. The Morgan fingerprint density at radius 1 is 1.15 bits per heavy atom. The summed E-state index contributed by atoms with van der Waals surface area (Å²) in [5.41, 5.74) is 2.68. The van der Waals surface area contributed by atoms with E-state index in [0.29, 0.717) is 12.8 Å². The summed E-state index contributed by atoms with van der Waals surface area (Å²) in [5, 5.41) is 10.7. The van der Waals surface area contributed by atoms with Crippen molar-refractivity contribution < 1.29 is 18.0 Å². The number of primary sulfonamides is 1. The monoisotopic (exact) mass is 387 g/mol. The molecule has 27 heavy (non-hydrogen) atoms. The zero-order chi connectivity index (χ0) is 19.4. The molecule has 1 aliphatic rings. The lowest BCUT2D eigenvalue weighted by atomic mass is 9.89. The molecule has 0 saturated carbocycles. The third-order valence-electron chi connectivity index (χ3n) is 4.57. The fraction of sp³-hybridized carbons (Fsp3) is 0.263. The van der Waals surface area contributed by atoms with E-state index in [2.05, 4.69) is 10.6 Å². The predicted molar refractivity (Wildman–Crippen MR) is 101 cm³/mol. The van der Waals surface area contributed by atoms with Gasteiger partial charge in [-0.05, 0) is 42.2 Å². The molecule has 0 fully saturated rings. The number of para-hydroxylation sites is 1. The summed E-state index contributed by atoms with van der Waals surface area (Å²) in [6.07, 6.45) is 1.34. The molecule has 1 aliphatic heterocycles. The van der Waals surface area contributed by atoms with Gasteiger partial charge in [0.15, 0.2) is 0 Å². The zero-order valence-corrected chi connectivity index (χ0v) is 15.5. The minimum absolute atomic E-state index is 0.0289. The highest BCUT2D eigenvalue weighted by Gasteiger charge is 2.26. The number of hydrogen-bond acceptors (Lipinski definition) is 4. The Hall–Kier alpha value is -2.71. The summed E-state index contributed by atoms with van der Waals surface area (Å²) in [5.74, 6) is -0.433. The molecule has 1 atom stereocenters. The standard InChI is InChI=1S/C19H21N3O4S/c20-27(25,26)16-8-5-13(6-9-16)12-21-18(23)10-7-15-11-14-3-1-2-4-17(14)22-19(15)24/h1-6,8-9,15H,7,10-12H2,(H,21,23)(H,22,24)(H2,20,25,26)/t15-/m0/s1. The number of fused-ring (bicyclic) bond motifs is 1. The van der Waals surface area contributed by atoms with E-state index in [4.69, 9.17) is 5.14 Å². The van der Waals surface area contributed by atoms with Crippen molar-refractivity contribution in [2.24, 2.45) is 11.1 Å². The van der Waals surface area contributed by atoms with E-state index >= 15 is 0 Å². The van der Waals surface area contributed by atoms with Crippen LogP contribution in [-0.4, -0.2) is 20.2 Å². The van der Waals surface area contributed by atoms with E-state index < -0.39 is 10.0 Å². The highest BCUT2D eigenvalue weighted by molar-refractivity contribution is 7.89. The van der Waals surface area contributed by atoms with Gasteiger partial charge in [0.1, 0.15) is 0 Å². The van der Waals surface area contributed by atoms with Crippen LogP contribution in [0.3, 0.4) is 0 Å². The number of carbonyl (C=O) groups is 2. The normalized spacial score (nSPS) is 16.3. The molecule has 4 N–H and O–H groups in total. The van der Waals surface area contributed by atoms with Crippen molar-refractivity contribution in [1.82, 2.24) is 5.32 Å². The molecule has 0 saturated heterocycles. The predicted octanol–water partition coefficient (Wildman–Crippen LogP) is 1.54. The molecule has 2 aromatic rings. The molecule has 0 bridgehead atoms. The van der Waals surface area contributed by atoms with Crippen LogP contribution >= 0.6 is 0 Å². The lowest BCUT2D eigenvalue weighted by Gasteiger charge is -2.24. The van der Waals surface area contributed by atoms with Gasteiger partial charge < -0.3 is 10.6 Å². The number of rotatable bonds is 6. The van der Waals surface area contributed by atoms with Crippen LogP contribution in [0.1, 0.15) is 24.0 Å².